The lowest BCUT2D eigenvalue weighted by atomic mass is 10.1. The molecular formula is C19H23NO3. The van der Waals surface area contributed by atoms with Crippen molar-refractivity contribution in [3.05, 3.63) is 59.2 Å². The highest BCUT2D eigenvalue weighted by Crippen LogP contribution is 2.19. The van der Waals surface area contributed by atoms with Crippen LogP contribution in [0.5, 0.6) is 11.5 Å². The highest BCUT2D eigenvalue weighted by atomic mass is 16.5. The van der Waals surface area contributed by atoms with Crippen LogP contribution in [0.4, 0.5) is 0 Å². The number of para-hydroxylation sites is 1. The fourth-order valence-corrected chi connectivity index (χ4v) is 2.30. The zero-order valence-electron chi connectivity index (χ0n) is 13.9. The van der Waals surface area contributed by atoms with E-state index in [2.05, 4.69) is 5.32 Å². The van der Waals surface area contributed by atoms with Gasteiger partial charge in [-0.2, -0.15) is 0 Å². The van der Waals surface area contributed by atoms with Crippen LogP contribution in [-0.2, 0) is 11.2 Å². The summed E-state index contributed by atoms with van der Waals surface area (Å²) in [5.41, 5.74) is 3.21. The van der Waals surface area contributed by atoms with Crippen LogP contribution in [-0.4, -0.2) is 26.2 Å². The molecule has 0 unspecified atom stereocenters. The van der Waals surface area contributed by atoms with E-state index in [1.807, 2.05) is 56.3 Å². The van der Waals surface area contributed by atoms with Gasteiger partial charge in [0.25, 0.3) is 5.91 Å². The Bertz CT molecular complexity index is 667. The number of amides is 1. The molecule has 1 amide bonds. The summed E-state index contributed by atoms with van der Waals surface area (Å²) in [7, 11) is 1.65. The van der Waals surface area contributed by atoms with Gasteiger partial charge in [-0.05, 0) is 49.1 Å². The summed E-state index contributed by atoms with van der Waals surface area (Å²) in [6.07, 6.45) is 0.721. The van der Waals surface area contributed by atoms with Crippen molar-refractivity contribution < 1.29 is 14.3 Å². The molecule has 0 bridgehead atoms. The Kier molecular flexibility index (Phi) is 6.03. The SMILES string of the molecule is COc1ccccc1CCNC(=O)COc1cc(C)ccc1C. The van der Waals surface area contributed by atoms with E-state index >= 15 is 0 Å². The van der Waals surface area contributed by atoms with Crippen molar-refractivity contribution in [3.8, 4) is 11.5 Å². The number of methoxy groups -OCH3 is 1. The third-order valence-corrected chi connectivity index (χ3v) is 3.61. The van der Waals surface area contributed by atoms with Crippen molar-refractivity contribution in [3.63, 3.8) is 0 Å². The second-order valence-electron chi connectivity index (χ2n) is 5.47. The quantitative estimate of drug-likeness (QED) is 0.854. The molecule has 0 spiro atoms. The Morgan fingerprint density at radius 3 is 2.65 bits per heavy atom. The zero-order chi connectivity index (χ0) is 16.7. The van der Waals surface area contributed by atoms with Gasteiger partial charge in [0.15, 0.2) is 6.61 Å². The predicted molar refractivity (Wildman–Crippen MR) is 91.1 cm³/mol. The largest absolute Gasteiger partial charge is 0.496 e. The Hall–Kier alpha value is -2.49. The predicted octanol–water partition coefficient (Wildman–Crippen LogP) is 3.05. The standard InChI is InChI=1S/C19H23NO3/c1-14-8-9-15(2)18(12-14)23-13-19(21)20-11-10-16-6-4-5-7-17(16)22-3/h4-9,12H,10-11,13H2,1-3H3,(H,20,21). The average molecular weight is 313 g/mol. The summed E-state index contributed by atoms with van der Waals surface area (Å²) in [4.78, 5) is 11.9. The van der Waals surface area contributed by atoms with Gasteiger partial charge in [-0.25, -0.2) is 0 Å². The molecule has 0 aromatic heterocycles. The number of carbonyl (C=O) groups is 1. The maximum atomic E-state index is 11.9. The van der Waals surface area contributed by atoms with Crippen molar-refractivity contribution in [1.29, 1.82) is 0 Å². The molecule has 0 aliphatic rings. The van der Waals surface area contributed by atoms with Crippen molar-refractivity contribution in [2.24, 2.45) is 0 Å². The second kappa shape index (κ2) is 8.22. The number of hydrogen-bond acceptors (Lipinski definition) is 3. The first-order valence-corrected chi connectivity index (χ1v) is 7.69. The van der Waals surface area contributed by atoms with E-state index in [4.69, 9.17) is 9.47 Å². The molecule has 23 heavy (non-hydrogen) atoms. The van der Waals surface area contributed by atoms with Gasteiger partial charge in [0.05, 0.1) is 7.11 Å². The van der Waals surface area contributed by atoms with Crippen molar-refractivity contribution in [2.75, 3.05) is 20.3 Å². The van der Waals surface area contributed by atoms with Crippen LogP contribution in [0.15, 0.2) is 42.5 Å². The maximum Gasteiger partial charge on any atom is 0.257 e. The van der Waals surface area contributed by atoms with E-state index in [1.54, 1.807) is 7.11 Å². The van der Waals surface area contributed by atoms with E-state index < -0.39 is 0 Å². The van der Waals surface area contributed by atoms with Gasteiger partial charge in [-0.3, -0.25) is 4.79 Å². The van der Waals surface area contributed by atoms with Gasteiger partial charge < -0.3 is 14.8 Å². The Morgan fingerprint density at radius 1 is 1.09 bits per heavy atom. The molecule has 0 aliphatic heterocycles. The number of nitrogens with one attached hydrogen (secondary N) is 1. The Morgan fingerprint density at radius 2 is 1.87 bits per heavy atom. The molecule has 0 radical (unpaired) electrons. The first-order chi connectivity index (χ1) is 11.1. The topological polar surface area (TPSA) is 47.6 Å². The van der Waals surface area contributed by atoms with Gasteiger partial charge in [0, 0.05) is 6.54 Å². The number of hydrogen-bond donors (Lipinski definition) is 1. The third-order valence-electron chi connectivity index (χ3n) is 3.61. The highest BCUT2D eigenvalue weighted by molar-refractivity contribution is 5.77. The molecule has 0 heterocycles. The highest BCUT2D eigenvalue weighted by Gasteiger charge is 2.06. The fourth-order valence-electron chi connectivity index (χ4n) is 2.30. The van der Waals surface area contributed by atoms with E-state index in [0.29, 0.717) is 6.54 Å². The molecule has 0 aliphatic carbocycles. The number of carbonyl (C=O) groups excluding carboxylic acids is 1. The molecule has 2 aromatic carbocycles. The van der Waals surface area contributed by atoms with Crippen molar-refractivity contribution >= 4 is 5.91 Å². The molecule has 4 heteroatoms. The summed E-state index contributed by atoms with van der Waals surface area (Å²) in [5, 5.41) is 2.87. The lowest BCUT2D eigenvalue weighted by Gasteiger charge is -2.11. The first-order valence-electron chi connectivity index (χ1n) is 7.69. The molecule has 1 N–H and O–H groups in total. The molecule has 2 aromatic rings. The second-order valence-corrected chi connectivity index (χ2v) is 5.47. The summed E-state index contributed by atoms with van der Waals surface area (Å²) in [5.74, 6) is 1.47. The molecule has 122 valence electrons. The monoisotopic (exact) mass is 313 g/mol. The van der Waals surface area contributed by atoms with Gasteiger partial charge in [0.1, 0.15) is 11.5 Å². The summed E-state index contributed by atoms with van der Waals surface area (Å²) >= 11 is 0. The van der Waals surface area contributed by atoms with Gasteiger partial charge in [-0.15, -0.1) is 0 Å². The van der Waals surface area contributed by atoms with Crippen LogP contribution < -0.4 is 14.8 Å². The summed E-state index contributed by atoms with van der Waals surface area (Å²) in [6, 6.07) is 13.8. The number of benzene rings is 2. The summed E-state index contributed by atoms with van der Waals surface area (Å²) < 4.78 is 10.9. The number of rotatable bonds is 7. The van der Waals surface area contributed by atoms with Crippen LogP contribution in [0.3, 0.4) is 0 Å². The molecule has 0 saturated heterocycles. The smallest absolute Gasteiger partial charge is 0.257 e. The molecule has 4 nitrogen and oxygen atoms in total. The van der Waals surface area contributed by atoms with Crippen LogP contribution in [0.25, 0.3) is 0 Å². The van der Waals surface area contributed by atoms with E-state index in [0.717, 1.165) is 34.6 Å². The minimum Gasteiger partial charge on any atom is -0.496 e. The lowest BCUT2D eigenvalue weighted by molar-refractivity contribution is -0.123. The zero-order valence-corrected chi connectivity index (χ0v) is 13.9. The number of aryl methyl sites for hydroxylation is 2. The van der Waals surface area contributed by atoms with Crippen molar-refractivity contribution in [1.82, 2.24) is 5.32 Å². The minimum atomic E-state index is -0.124. The van der Waals surface area contributed by atoms with E-state index in [-0.39, 0.29) is 12.5 Å². The van der Waals surface area contributed by atoms with E-state index in [9.17, 15) is 4.79 Å². The fraction of sp³-hybridized carbons (Fsp3) is 0.316. The van der Waals surface area contributed by atoms with Crippen LogP contribution in [0.1, 0.15) is 16.7 Å². The third kappa shape index (κ3) is 5.02. The minimum absolute atomic E-state index is 0.0240. The molecule has 0 fully saturated rings. The normalized spacial score (nSPS) is 10.2. The van der Waals surface area contributed by atoms with Crippen molar-refractivity contribution in [2.45, 2.75) is 20.3 Å². The summed E-state index contributed by atoms with van der Waals surface area (Å²) in [6.45, 7) is 4.54. The maximum absolute atomic E-state index is 11.9. The Balaban J connectivity index is 1.78. The van der Waals surface area contributed by atoms with Gasteiger partial charge in [-0.1, -0.05) is 30.3 Å². The molecule has 0 atom stereocenters. The first kappa shape index (κ1) is 16.9. The molecular weight excluding hydrogens is 290 g/mol. The van der Waals surface area contributed by atoms with Gasteiger partial charge >= 0.3 is 0 Å². The van der Waals surface area contributed by atoms with Gasteiger partial charge in [0.2, 0.25) is 0 Å². The Labute approximate surface area is 137 Å². The molecule has 2 rings (SSSR count). The van der Waals surface area contributed by atoms with E-state index in [1.165, 1.54) is 0 Å². The van der Waals surface area contributed by atoms with Crippen LogP contribution >= 0.6 is 0 Å². The molecule has 0 saturated carbocycles. The lowest BCUT2D eigenvalue weighted by Crippen LogP contribution is -2.30. The van der Waals surface area contributed by atoms with Crippen LogP contribution in [0.2, 0.25) is 0 Å². The van der Waals surface area contributed by atoms with Crippen LogP contribution in [0, 0.1) is 13.8 Å². The number of ether oxygens (including phenoxy) is 2. The average Bonchev–Trinajstić information content (AvgIpc) is 2.56.